The van der Waals surface area contributed by atoms with Crippen molar-refractivity contribution in [2.75, 3.05) is 6.54 Å². The van der Waals surface area contributed by atoms with Gasteiger partial charge in [-0.1, -0.05) is 25.1 Å². The van der Waals surface area contributed by atoms with Crippen molar-refractivity contribution in [2.24, 2.45) is 5.73 Å². The van der Waals surface area contributed by atoms with E-state index in [2.05, 4.69) is 54.1 Å². The fraction of sp³-hybridized carbons (Fsp3) is 0.333. The molecule has 0 atom stereocenters. The number of fused-ring (bicyclic) bond motifs is 1. The number of para-hydroxylation sites is 1. The number of aryl methyl sites for hydroxylation is 2. The van der Waals surface area contributed by atoms with Gasteiger partial charge in [-0.3, -0.25) is 0 Å². The van der Waals surface area contributed by atoms with Crippen LogP contribution in [0, 0.1) is 0 Å². The maximum absolute atomic E-state index is 5.66. The first-order chi connectivity index (χ1) is 10.3. The molecule has 0 saturated carbocycles. The van der Waals surface area contributed by atoms with E-state index in [-0.39, 0.29) is 0 Å². The number of benzene rings is 1. The normalized spacial score (nSPS) is 11.3. The largest absolute Gasteiger partial charge is 0.342 e. The summed E-state index contributed by atoms with van der Waals surface area (Å²) in [6.45, 7) is 3.93. The summed E-state index contributed by atoms with van der Waals surface area (Å²) in [7, 11) is 0. The lowest BCUT2D eigenvalue weighted by atomic mass is 10.1. The molecule has 0 aliphatic carbocycles. The molecule has 110 valence electrons. The van der Waals surface area contributed by atoms with Gasteiger partial charge in [-0.05, 0) is 49.6 Å². The van der Waals surface area contributed by atoms with Gasteiger partial charge >= 0.3 is 0 Å². The fourth-order valence-electron chi connectivity index (χ4n) is 2.81. The Bertz CT molecular complexity index is 724. The van der Waals surface area contributed by atoms with Gasteiger partial charge in [-0.25, -0.2) is 0 Å². The van der Waals surface area contributed by atoms with E-state index in [1.54, 1.807) is 0 Å². The molecule has 0 amide bonds. The minimum Gasteiger partial charge on any atom is -0.342 e. The van der Waals surface area contributed by atoms with Gasteiger partial charge in [0.1, 0.15) is 0 Å². The average molecular weight is 298 g/mol. The predicted octanol–water partition coefficient (Wildman–Crippen LogP) is 4.20. The number of aromatic nitrogens is 1. The van der Waals surface area contributed by atoms with E-state index in [0.717, 1.165) is 32.4 Å². The zero-order valence-electron chi connectivity index (χ0n) is 12.5. The smallest absolute Gasteiger partial charge is 0.0569 e. The van der Waals surface area contributed by atoms with E-state index >= 15 is 0 Å². The first-order valence-corrected chi connectivity index (χ1v) is 8.48. The number of thiophene rings is 1. The summed E-state index contributed by atoms with van der Waals surface area (Å²) in [6, 6.07) is 13.2. The zero-order chi connectivity index (χ0) is 14.7. The molecular formula is C18H22N2S. The van der Waals surface area contributed by atoms with Crippen molar-refractivity contribution in [1.29, 1.82) is 0 Å². The van der Waals surface area contributed by atoms with Crippen LogP contribution in [0.2, 0.25) is 0 Å². The highest BCUT2D eigenvalue weighted by molar-refractivity contribution is 7.11. The van der Waals surface area contributed by atoms with Crippen molar-refractivity contribution in [3.8, 4) is 0 Å². The fourth-order valence-corrected chi connectivity index (χ4v) is 3.77. The van der Waals surface area contributed by atoms with Crippen LogP contribution in [0.4, 0.5) is 0 Å². The molecule has 0 aliphatic rings. The molecule has 3 heteroatoms. The van der Waals surface area contributed by atoms with Crippen LogP contribution in [0.25, 0.3) is 10.9 Å². The number of hydrogen-bond donors (Lipinski definition) is 1. The van der Waals surface area contributed by atoms with Crippen LogP contribution in [-0.4, -0.2) is 11.1 Å². The predicted molar refractivity (Wildman–Crippen MR) is 92.1 cm³/mol. The summed E-state index contributed by atoms with van der Waals surface area (Å²) in [6.07, 6.45) is 5.55. The third-order valence-corrected chi connectivity index (χ3v) is 5.13. The minimum atomic E-state index is 0.754. The maximum atomic E-state index is 5.66. The van der Waals surface area contributed by atoms with Gasteiger partial charge in [0.2, 0.25) is 0 Å². The van der Waals surface area contributed by atoms with Gasteiger partial charge in [0, 0.05) is 26.9 Å². The second kappa shape index (κ2) is 6.46. The molecule has 0 spiro atoms. The Morgan fingerprint density at radius 2 is 1.90 bits per heavy atom. The second-order valence-corrected chi connectivity index (χ2v) is 6.67. The van der Waals surface area contributed by atoms with Crippen LogP contribution in [0.15, 0.2) is 42.6 Å². The van der Waals surface area contributed by atoms with Gasteiger partial charge in [-0.15, -0.1) is 11.3 Å². The van der Waals surface area contributed by atoms with Crippen LogP contribution >= 0.6 is 11.3 Å². The van der Waals surface area contributed by atoms with Crippen molar-refractivity contribution >= 4 is 22.2 Å². The molecular weight excluding hydrogens is 276 g/mol. The molecule has 0 aliphatic heterocycles. The summed E-state index contributed by atoms with van der Waals surface area (Å²) in [4.78, 5) is 2.89. The van der Waals surface area contributed by atoms with Crippen LogP contribution in [-0.2, 0) is 19.4 Å². The minimum absolute atomic E-state index is 0.754. The molecule has 2 N–H and O–H groups in total. The molecule has 0 fully saturated rings. The third kappa shape index (κ3) is 3.04. The Hall–Kier alpha value is -1.58. The van der Waals surface area contributed by atoms with Gasteiger partial charge in [0.05, 0.1) is 6.54 Å². The highest BCUT2D eigenvalue weighted by Crippen LogP contribution is 2.25. The SMILES string of the molecule is CCc1ccc(Cn2cc(CCCN)c3ccccc32)s1. The molecule has 3 rings (SSSR count). The Morgan fingerprint density at radius 3 is 2.67 bits per heavy atom. The topological polar surface area (TPSA) is 30.9 Å². The molecule has 2 nitrogen and oxygen atoms in total. The number of rotatable bonds is 6. The Kier molecular flexibility index (Phi) is 4.42. The number of hydrogen-bond acceptors (Lipinski definition) is 2. The second-order valence-electron chi connectivity index (χ2n) is 5.41. The van der Waals surface area contributed by atoms with Crippen LogP contribution < -0.4 is 5.73 Å². The van der Waals surface area contributed by atoms with Gasteiger partial charge < -0.3 is 10.3 Å². The Morgan fingerprint density at radius 1 is 1.10 bits per heavy atom. The summed E-state index contributed by atoms with van der Waals surface area (Å²) in [5.74, 6) is 0. The van der Waals surface area contributed by atoms with E-state index in [9.17, 15) is 0 Å². The molecule has 1 aromatic carbocycles. The van der Waals surface area contributed by atoms with Crippen molar-refractivity contribution < 1.29 is 0 Å². The molecule has 2 aromatic heterocycles. The number of nitrogens with two attached hydrogens (primary N) is 1. The van der Waals surface area contributed by atoms with Crippen molar-refractivity contribution in [1.82, 2.24) is 4.57 Å². The summed E-state index contributed by atoms with van der Waals surface area (Å²) in [5, 5.41) is 1.37. The lowest BCUT2D eigenvalue weighted by Crippen LogP contribution is -2.00. The maximum Gasteiger partial charge on any atom is 0.0569 e. The first-order valence-electron chi connectivity index (χ1n) is 7.66. The lowest BCUT2D eigenvalue weighted by Gasteiger charge is -2.02. The van der Waals surface area contributed by atoms with Crippen LogP contribution in [0.3, 0.4) is 0 Å². The molecule has 0 radical (unpaired) electrons. The monoisotopic (exact) mass is 298 g/mol. The Labute approximate surface area is 130 Å². The lowest BCUT2D eigenvalue weighted by molar-refractivity contribution is 0.812. The highest BCUT2D eigenvalue weighted by atomic mass is 32.1. The number of nitrogens with zero attached hydrogens (tertiary/aromatic N) is 1. The van der Waals surface area contributed by atoms with Gasteiger partial charge in [-0.2, -0.15) is 0 Å². The highest BCUT2D eigenvalue weighted by Gasteiger charge is 2.09. The summed E-state index contributed by atoms with van der Waals surface area (Å²) < 4.78 is 2.38. The van der Waals surface area contributed by atoms with Crippen LogP contribution in [0.1, 0.15) is 28.7 Å². The Balaban J connectivity index is 1.93. The molecule has 0 unspecified atom stereocenters. The van der Waals surface area contributed by atoms with Crippen molar-refractivity contribution in [2.45, 2.75) is 32.7 Å². The van der Waals surface area contributed by atoms with E-state index < -0.39 is 0 Å². The molecule has 3 aromatic rings. The summed E-state index contributed by atoms with van der Waals surface area (Å²) >= 11 is 1.92. The summed E-state index contributed by atoms with van der Waals surface area (Å²) in [5.41, 5.74) is 8.41. The van der Waals surface area contributed by atoms with Gasteiger partial charge in [0.15, 0.2) is 0 Å². The first kappa shape index (κ1) is 14.4. The third-order valence-electron chi connectivity index (χ3n) is 3.91. The molecule has 2 heterocycles. The zero-order valence-corrected chi connectivity index (χ0v) is 13.3. The van der Waals surface area contributed by atoms with Crippen molar-refractivity contribution in [3.63, 3.8) is 0 Å². The molecule has 21 heavy (non-hydrogen) atoms. The van der Waals surface area contributed by atoms with Crippen LogP contribution in [0.5, 0.6) is 0 Å². The van der Waals surface area contributed by atoms with E-state index in [0.29, 0.717) is 0 Å². The van der Waals surface area contributed by atoms with E-state index in [1.165, 1.54) is 26.2 Å². The van der Waals surface area contributed by atoms with Gasteiger partial charge in [0.25, 0.3) is 0 Å². The standard InChI is InChI=1S/C18H22N2S/c1-2-15-9-10-16(21-15)13-20-12-14(6-5-11-19)17-7-3-4-8-18(17)20/h3-4,7-10,12H,2,5-6,11,13,19H2,1H3. The average Bonchev–Trinajstić information content (AvgIpc) is 3.11. The van der Waals surface area contributed by atoms with Crippen molar-refractivity contribution in [3.05, 3.63) is 57.9 Å². The molecule has 0 bridgehead atoms. The van der Waals surface area contributed by atoms with E-state index in [1.807, 2.05) is 11.3 Å². The quantitative estimate of drug-likeness (QED) is 0.726. The molecule has 0 saturated heterocycles. The van der Waals surface area contributed by atoms with E-state index in [4.69, 9.17) is 5.73 Å².